The molecule has 2 aromatic rings. The first-order valence-electron chi connectivity index (χ1n) is 10.4. The zero-order valence-corrected chi connectivity index (χ0v) is 18.2. The van der Waals surface area contributed by atoms with Crippen molar-refractivity contribution >= 4 is 39.5 Å². The van der Waals surface area contributed by atoms with Crippen LogP contribution in [-0.4, -0.2) is 54.4 Å². The van der Waals surface area contributed by atoms with Crippen LogP contribution in [0.5, 0.6) is 0 Å². The zero-order valence-electron chi connectivity index (χ0n) is 17.3. The molecule has 2 aliphatic rings. The number of hydrogen-bond donors (Lipinski definition) is 2. The van der Waals surface area contributed by atoms with Gasteiger partial charge in [0, 0.05) is 42.7 Å². The molecule has 0 bridgehead atoms. The third-order valence-corrected chi connectivity index (χ3v) is 7.20. The number of hydrogen-bond acceptors (Lipinski definition) is 7. The number of likely N-dealkylation sites (N-methyl/N-ethyl adjacent to an activating group) is 1. The van der Waals surface area contributed by atoms with Crippen molar-refractivity contribution < 1.29 is 14.5 Å². The predicted octanol–water partition coefficient (Wildman–Crippen LogP) is 2.64. The van der Waals surface area contributed by atoms with E-state index >= 15 is 0 Å². The first kappa shape index (κ1) is 21.3. The molecule has 10 heteroatoms. The Bertz CT molecular complexity index is 1040. The second-order valence-corrected chi connectivity index (χ2v) is 8.87. The Balaban J connectivity index is 1.58. The summed E-state index contributed by atoms with van der Waals surface area (Å²) in [6.07, 6.45) is 2.60. The number of fused-ring (bicyclic) bond motifs is 1. The van der Waals surface area contributed by atoms with E-state index in [-0.39, 0.29) is 11.3 Å². The van der Waals surface area contributed by atoms with E-state index in [0.29, 0.717) is 29.3 Å². The van der Waals surface area contributed by atoms with Gasteiger partial charge in [-0.1, -0.05) is 6.92 Å². The number of primary amides is 1. The first-order chi connectivity index (χ1) is 14.9. The summed E-state index contributed by atoms with van der Waals surface area (Å²) in [5.41, 5.74) is 7.43. The molecule has 9 nitrogen and oxygen atoms in total. The number of anilines is 2. The molecule has 1 fully saturated rings. The van der Waals surface area contributed by atoms with Crippen LogP contribution in [0.25, 0.3) is 0 Å². The Morgan fingerprint density at radius 2 is 1.97 bits per heavy atom. The molecular formula is C21H25N5O4S. The lowest BCUT2D eigenvalue weighted by molar-refractivity contribution is -0.384. The summed E-state index contributed by atoms with van der Waals surface area (Å²) in [7, 11) is 0. The summed E-state index contributed by atoms with van der Waals surface area (Å²) in [5.74, 6) is -1.06. The molecule has 164 valence electrons. The van der Waals surface area contributed by atoms with Gasteiger partial charge in [-0.3, -0.25) is 19.7 Å². The molecule has 0 radical (unpaired) electrons. The second-order valence-electron chi connectivity index (χ2n) is 7.76. The number of nitro benzene ring substituents is 1. The molecule has 1 aromatic heterocycles. The lowest BCUT2D eigenvalue weighted by Crippen LogP contribution is -2.46. The fourth-order valence-electron chi connectivity index (χ4n) is 4.31. The summed E-state index contributed by atoms with van der Waals surface area (Å²) >= 11 is 1.36. The lowest BCUT2D eigenvalue weighted by atomic mass is 10.1. The summed E-state index contributed by atoms with van der Waals surface area (Å²) in [6.45, 7) is 6.13. The summed E-state index contributed by atoms with van der Waals surface area (Å²) in [5, 5.41) is 14.9. The van der Waals surface area contributed by atoms with Crippen molar-refractivity contribution in [3.63, 3.8) is 0 Å². The molecule has 4 rings (SSSR count). The minimum Gasteiger partial charge on any atom is -0.365 e. The number of nitrogens with zero attached hydrogens (tertiary/aromatic N) is 3. The van der Waals surface area contributed by atoms with Crippen LogP contribution in [0.2, 0.25) is 0 Å². The van der Waals surface area contributed by atoms with Gasteiger partial charge in [0.25, 0.3) is 17.5 Å². The summed E-state index contributed by atoms with van der Waals surface area (Å²) in [4.78, 5) is 41.4. The predicted molar refractivity (Wildman–Crippen MR) is 120 cm³/mol. The van der Waals surface area contributed by atoms with Gasteiger partial charge in [-0.15, -0.1) is 11.3 Å². The first-order valence-corrected chi connectivity index (χ1v) is 11.2. The van der Waals surface area contributed by atoms with Gasteiger partial charge in [0.1, 0.15) is 10.7 Å². The van der Waals surface area contributed by atoms with Gasteiger partial charge in [0.15, 0.2) is 0 Å². The van der Waals surface area contributed by atoms with E-state index in [4.69, 9.17) is 5.73 Å². The van der Waals surface area contributed by atoms with Crippen molar-refractivity contribution in [2.24, 2.45) is 5.73 Å². The van der Waals surface area contributed by atoms with Crippen LogP contribution < -0.4 is 16.0 Å². The Hall–Kier alpha value is -2.98. The van der Waals surface area contributed by atoms with E-state index in [1.54, 1.807) is 12.1 Å². The molecule has 1 aliphatic carbocycles. The maximum Gasteiger partial charge on any atom is 0.293 e. The molecule has 1 aliphatic heterocycles. The minimum absolute atomic E-state index is 0.0959. The normalized spacial score (nSPS) is 16.2. The third kappa shape index (κ3) is 4.13. The van der Waals surface area contributed by atoms with E-state index < -0.39 is 16.7 Å². The SMILES string of the molecule is CCN1CCN(c2ccc(C(=O)Nc3sc4c(c3C(N)=O)CCC4)cc2[N+](=O)[O-])CC1. The topological polar surface area (TPSA) is 122 Å². The summed E-state index contributed by atoms with van der Waals surface area (Å²) < 4.78 is 0. The van der Waals surface area contributed by atoms with Crippen LogP contribution >= 0.6 is 11.3 Å². The van der Waals surface area contributed by atoms with Crippen molar-refractivity contribution in [3.8, 4) is 0 Å². The minimum atomic E-state index is -0.567. The monoisotopic (exact) mass is 443 g/mol. The Labute approximate surface area is 184 Å². The van der Waals surface area contributed by atoms with E-state index in [9.17, 15) is 19.7 Å². The number of nitrogens with two attached hydrogens (primary N) is 1. The molecule has 0 unspecified atom stereocenters. The van der Waals surface area contributed by atoms with Gasteiger partial charge < -0.3 is 20.9 Å². The number of benzene rings is 1. The van der Waals surface area contributed by atoms with Crippen LogP contribution in [0.15, 0.2) is 18.2 Å². The number of nitrogens with one attached hydrogen (secondary N) is 1. The fourth-order valence-corrected chi connectivity index (χ4v) is 5.60. The van der Waals surface area contributed by atoms with Crippen molar-refractivity contribution in [3.05, 3.63) is 49.9 Å². The van der Waals surface area contributed by atoms with E-state index in [1.165, 1.54) is 17.4 Å². The third-order valence-electron chi connectivity index (χ3n) is 5.99. The number of amides is 2. The maximum atomic E-state index is 12.9. The molecule has 1 aromatic carbocycles. The Kier molecular flexibility index (Phi) is 5.92. The molecule has 0 spiro atoms. The highest BCUT2D eigenvalue weighted by atomic mass is 32.1. The maximum absolute atomic E-state index is 12.9. The number of carbonyl (C=O) groups is 2. The molecule has 3 N–H and O–H groups in total. The van der Waals surface area contributed by atoms with Crippen molar-refractivity contribution in [2.45, 2.75) is 26.2 Å². The van der Waals surface area contributed by atoms with Gasteiger partial charge in [-0.2, -0.15) is 0 Å². The van der Waals surface area contributed by atoms with Gasteiger partial charge in [0.2, 0.25) is 0 Å². The van der Waals surface area contributed by atoms with Crippen LogP contribution in [0.3, 0.4) is 0 Å². The van der Waals surface area contributed by atoms with Crippen molar-refractivity contribution in [1.29, 1.82) is 0 Å². The fraction of sp³-hybridized carbons (Fsp3) is 0.429. The number of thiophene rings is 1. The van der Waals surface area contributed by atoms with Gasteiger partial charge in [-0.05, 0) is 43.5 Å². The van der Waals surface area contributed by atoms with E-state index in [2.05, 4.69) is 17.1 Å². The Morgan fingerprint density at radius 3 is 2.61 bits per heavy atom. The van der Waals surface area contributed by atoms with Gasteiger partial charge in [0.05, 0.1) is 10.5 Å². The molecular weight excluding hydrogens is 418 g/mol. The van der Waals surface area contributed by atoms with Gasteiger partial charge in [-0.25, -0.2) is 0 Å². The largest absolute Gasteiger partial charge is 0.365 e. The average Bonchev–Trinajstić information content (AvgIpc) is 3.33. The molecule has 0 atom stereocenters. The molecule has 2 heterocycles. The number of aryl methyl sites for hydroxylation is 1. The van der Waals surface area contributed by atoms with E-state index in [1.807, 2.05) is 4.90 Å². The molecule has 1 saturated heterocycles. The number of carbonyl (C=O) groups excluding carboxylic acids is 2. The summed E-state index contributed by atoms with van der Waals surface area (Å²) in [6, 6.07) is 4.54. The second kappa shape index (κ2) is 8.64. The molecule has 31 heavy (non-hydrogen) atoms. The quantitative estimate of drug-likeness (QED) is 0.523. The highest BCUT2D eigenvalue weighted by molar-refractivity contribution is 7.17. The van der Waals surface area contributed by atoms with Crippen molar-refractivity contribution in [2.75, 3.05) is 42.9 Å². The Morgan fingerprint density at radius 1 is 1.23 bits per heavy atom. The van der Waals surface area contributed by atoms with Crippen molar-refractivity contribution in [1.82, 2.24) is 4.90 Å². The number of piperazine rings is 1. The molecule has 0 saturated carbocycles. The van der Waals surface area contributed by atoms with Crippen LogP contribution in [0.1, 0.15) is 44.5 Å². The highest BCUT2D eigenvalue weighted by Gasteiger charge is 2.28. The van der Waals surface area contributed by atoms with Crippen LogP contribution in [0, 0.1) is 10.1 Å². The van der Waals surface area contributed by atoms with E-state index in [0.717, 1.165) is 49.3 Å². The lowest BCUT2D eigenvalue weighted by Gasteiger charge is -2.35. The standard InChI is InChI=1S/C21H25N5O4S/c1-2-24-8-10-25(11-9-24)15-7-6-13(12-16(15)26(29)30)20(28)23-21-18(19(22)27)14-4-3-5-17(14)31-21/h6-7,12H,2-5,8-11H2,1H3,(H2,22,27)(H,23,28). The smallest absolute Gasteiger partial charge is 0.293 e. The molecule has 2 amide bonds. The zero-order chi connectivity index (χ0) is 22.1. The highest BCUT2D eigenvalue weighted by Crippen LogP contribution is 2.39. The number of nitro groups is 1. The number of rotatable bonds is 6. The average molecular weight is 444 g/mol. The van der Waals surface area contributed by atoms with Gasteiger partial charge >= 0.3 is 0 Å². The van der Waals surface area contributed by atoms with Crippen LogP contribution in [0.4, 0.5) is 16.4 Å². The van der Waals surface area contributed by atoms with Crippen LogP contribution in [-0.2, 0) is 12.8 Å².